The van der Waals surface area contributed by atoms with Gasteiger partial charge in [-0.05, 0) is 18.2 Å². The summed E-state index contributed by atoms with van der Waals surface area (Å²) in [5.74, 6) is 2.39. The first kappa shape index (κ1) is 14.3. The first-order valence-corrected chi connectivity index (χ1v) is 6.42. The number of hydrogen-bond acceptors (Lipinski definition) is 6. The fourth-order valence-electron chi connectivity index (χ4n) is 1.71. The second kappa shape index (κ2) is 6.38. The van der Waals surface area contributed by atoms with Gasteiger partial charge in [-0.1, -0.05) is 19.0 Å². The van der Waals surface area contributed by atoms with Gasteiger partial charge >= 0.3 is 0 Å². The molecular formula is C14H19N3O3. The summed E-state index contributed by atoms with van der Waals surface area (Å²) >= 11 is 0. The van der Waals surface area contributed by atoms with Crippen LogP contribution in [0, 0.1) is 0 Å². The normalized spacial score (nSPS) is 10.8. The Hall–Kier alpha value is -2.08. The molecule has 0 aliphatic rings. The lowest BCUT2D eigenvalue weighted by Crippen LogP contribution is -2.22. The Morgan fingerprint density at radius 1 is 1.20 bits per heavy atom. The van der Waals surface area contributed by atoms with Crippen LogP contribution >= 0.6 is 0 Å². The van der Waals surface area contributed by atoms with Gasteiger partial charge in [-0.15, -0.1) is 0 Å². The van der Waals surface area contributed by atoms with E-state index < -0.39 is 0 Å². The highest BCUT2D eigenvalue weighted by Crippen LogP contribution is 2.31. The number of rotatable bonds is 6. The van der Waals surface area contributed by atoms with Crippen LogP contribution in [0.25, 0.3) is 11.5 Å². The zero-order chi connectivity index (χ0) is 14.5. The summed E-state index contributed by atoms with van der Waals surface area (Å²) in [7, 11) is 3.19. The molecule has 1 N–H and O–H groups in total. The molecule has 0 aliphatic heterocycles. The Bertz CT molecular complexity index is 567. The van der Waals surface area contributed by atoms with Crippen molar-refractivity contribution in [3.63, 3.8) is 0 Å². The predicted molar refractivity (Wildman–Crippen MR) is 74.8 cm³/mol. The van der Waals surface area contributed by atoms with Crippen LogP contribution < -0.4 is 14.8 Å². The van der Waals surface area contributed by atoms with Crippen LogP contribution in [0.15, 0.2) is 22.7 Å². The minimum atomic E-state index is 0.373. The van der Waals surface area contributed by atoms with E-state index in [1.165, 1.54) is 0 Å². The molecule has 0 saturated carbocycles. The summed E-state index contributed by atoms with van der Waals surface area (Å²) in [5, 5.41) is 7.18. The topological polar surface area (TPSA) is 69.4 Å². The first-order chi connectivity index (χ1) is 9.63. The molecule has 0 fully saturated rings. The van der Waals surface area contributed by atoms with E-state index in [0.717, 1.165) is 5.56 Å². The van der Waals surface area contributed by atoms with Crippen molar-refractivity contribution in [3.05, 3.63) is 24.0 Å². The Morgan fingerprint density at radius 3 is 2.60 bits per heavy atom. The maximum Gasteiger partial charge on any atom is 0.258 e. The van der Waals surface area contributed by atoms with Crippen molar-refractivity contribution >= 4 is 0 Å². The van der Waals surface area contributed by atoms with Gasteiger partial charge in [-0.3, -0.25) is 0 Å². The molecule has 0 amide bonds. The molecule has 108 valence electrons. The Kier molecular flexibility index (Phi) is 4.57. The van der Waals surface area contributed by atoms with E-state index in [9.17, 15) is 0 Å². The van der Waals surface area contributed by atoms with Crippen LogP contribution in [-0.2, 0) is 6.54 Å². The number of methoxy groups -OCH3 is 2. The molecular weight excluding hydrogens is 258 g/mol. The van der Waals surface area contributed by atoms with E-state index >= 15 is 0 Å². The summed E-state index contributed by atoms with van der Waals surface area (Å²) in [6, 6.07) is 5.85. The second-order valence-electron chi connectivity index (χ2n) is 4.62. The molecule has 6 heteroatoms. The van der Waals surface area contributed by atoms with E-state index in [1.54, 1.807) is 14.2 Å². The Balaban J connectivity index is 2.19. The van der Waals surface area contributed by atoms with Crippen LogP contribution in [0.2, 0.25) is 0 Å². The number of benzene rings is 1. The smallest absolute Gasteiger partial charge is 0.258 e. The van der Waals surface area contributed by atoms with E-state index in [4.69, 9.17) is 14.0 Å². The number of nitrogens with one attached hydrogen (secondary N) is 1. The van der Waals surface area contributed by atoms with Gasteiger partial charge in [0.2, 0.25) is 0 Å². The number of nitrogens with zero attached hydrogens (tertiary/aromatic N) is 2. The lowest BCUT2D eigenvalue weighted by molar-refractivity contribution is 0.354. The van der Waals surface area contributed by atoms with Crippen molar-refractivity contribution in [3.8, 4) is 23.0 Å². The van der Waals surface area contributed by atoms with Gasteiger partial charge in [0, 0.05) is 11.6 Å². The van der Waals surface area contributed by atoms with Crippen LogP contribution in [0.1, 0.15) is 19.7 Å². The quantitative estimate of drug-likeness (QED) is 0.873. The molecule has 0 radical (unpaired) electrons. The van der Waals surface area contributed by atoms with Crippen molar-refractivity contribution in [2.75, 3.05) is 14.2 Å². The monoisotopic (exact) mass is 277 g/mol. The molecule has 2 aromatic rings. The van der Waals surface area contributed by atoms with Crippen molar-refractivity contribution in [2.24, 2.45) is 0 Å². The van der Waals surface area contributed by atoms with Crippen molar-refractivity contribution in [1.29, 1.82) is 0 Å². The predicted octanol–water partition coefficient (Wildman–Crippen LogP) is 2.25. The minimum absolute atomic E-state index is 0.373. The molecule has 0 aliphatic carbocycles. The van der Waals surface area contributed by atoms with E-state index in [1.807, 2.05) is 18.2 Å². The van der Waals surface area contributed by atoms with Crippen molar-refractivity contribution in [1.82, 2.24) is 15.5 Å². The number of hydrogen-bond donors (Lipinski definition) is 1. The molecule has 0 saturated heterocycles. The largest absolute Gasteiger partial charge is 0.493 e. The van der Waals surface area contributed by atoms with Gasteiger partial charge in [0.05, 0.1) is 20.8 Å². The molecule has 0 bridgehead atoms. The van der Waals surface area contributed by atoms with Crippen LogP contribution in [0.4, 0.5) is 0 Å². The van der Waals surface area contributed by atoms with Gasteiger partial charge in [0.1, 0.15) is 0 Å². The molecule has 0 atom stereocenters. The van der Waals surface area contributed by atoms with Crippen LogP contribution in [-0.4, -0.2) is 30.4 Å². The zero-order valence-electron chi connectivity index (χ0n) is 12.1. The summed E-state index contributed by atoms with van der Waals surface area (Å²) in [6.45, 7) is 4.71. The maximum atomic E-state index is 5.26. The second-order valence-corrected chi connectivity index (χ2v) is 4.62. The highest BCUT2D eigenvalue weighted by Gasteiger charge is 2.12. The molecule has 20 heavy (non-hydrogen) atoms. The third-order valence-corrected chi connectivity index (χ3v) is 2.77. The van der Waals surface area contributed by atoms with E-state index in [0.29, 0.717) is 35.8 Å². The molecule has 1 heterocycles. The molecule has 1 aromatic heterocycles. The summed E-state index contributed by atoms with van der Waals surface area (Å²) in [6.07, 6.45) is 0. The van der Waals surface area contributed by atoms with Gasteiger partial charge < -0.3 is 19.3 Å². The third-order valence-electron chi connectivity index (χ3n) is 2.77. The minimum Gasteiger partial charge on any atom is -0.493 e. The van der Waals surface area contributed by atoms with Crippen molar-refractivity contribution in [2.45, 2.75) is 26.4 Å². The first-order valence-electron chi connectivity index (χ1n) is 6.42. The van der Waals surface area contributed by atoms with Gasteiger partial charge in [-0.2, -0.15) is 4.98 Å². The molecule has 0 spiro atoms. The zero-order valence-corrected chi connectivity index (χ0v) is 12.1. The molecule has 2 rings (SSSR count). The summed E-state index contributed by atoms with van der Waals surface area (Å²) < 4.78 is 15.7. The highest BCUT2D eigenvalue weighted by molar-refractivity contribution is 5.59. The number of ether oxygens (including phenoxy) is 2. The highest BCUT2D eigenvalue weighted by atomic mass is 16.5. The van der Waals surface area contributed by atoms with Crippen LogP contribution in [0.5, 0.6) is 11.5 Å². The van der Waals surface area contributed by atoms with Gasteiger partial charge in [0.15, 0.2) is 17.3 Å². The molecule has 6 nitrogen and oxygen atoms in total. The lowest BCUT2D eigenvalue weighted by atomic mass is 10.2. The number of aromatic nitrogens is 2. The summed E-state index contributed by atoms with van der Waals surface area (Å²) in [5.41, 5.74) is 0.797. The van der Waals surface area contributed by atoms with Crippen LogP contribution in [0.3, 0.4) is 0 Å². The van der Waals surface area contributed by atoms with E-state index in [2.05, 4.69) is 29.3 Å². The van der Waals surface area contributed by atoms with Gasteiger partial charge in [0.25, 0.3) is 5.89 Å². The Morgan fingerprint density at radius 2 is 1.95 bits per heavy atom. The average molecular weight is 277 g/mol. The maximum absolute atomic E-state index is 5.26. The fraction of sp³-hybridized carbons (Fsp3) is 0.429. The third kappa shape index (κ3) is 3.27. The standard InChI is InChI=1S/C14H19N3O3/c1-9(2)15-8-13-16-14(20-17-13)10-5-6-11(18-3)12(7-10)19-4/h5-7,9,15H,8H2,1-4H3. The SMILES string of the molecule is COc1ccc(-c2nc(CNC(C)C)no2)cc1OC. The van der Waals surface area contributed by atoms with E-state index in [-0.39, 0.29) is 0 Å². The summed E-state index contributed by atoms with van der Waals surface area (Å²) in [4.78, 5) is 4.35. The molecule has 1 aromatic carbocycles. The Labute approximate surface area is 118 Å². The molecule has 0 unspecified atom stereocenters. The average Bonchev–Trinajstić information content (AvgIpc) is 2.93. The van der Waals surface area contributed by atoms with Gasteiger partial charge in [-0.25, -0.2) is 0 Å². The fourth-order valence-corrected chi connectivity index (χ4v) is 1.71. The lowest BCUT2D eigenvalue weighted by Gasteiger charge is -2.07. The van der Waals surface area contributed by atoms with Crippen molar-refractivity contribution < 1.29 is 14.0 Å².